The van der Waals surface area contributed by atoms with E-state index >= 15 is 0 Å². The minimum Gasteiger partial charge on any atom is -0.349 e. The fourth-order valence-corrected chi connectivity index (χ4v) is 0.953. The molecule has 58 valence electrons. The van der Waals surface area contributed by atoms with Gasteiger partial charge in [0.2, 0.25) is 0 Å². The zero-order valence-corrected chi connectivity index (χ0v) is 6.35. The van der Waals surface area contributed by atoms with Crippen LogP contribution in [0.1, 0.15) is 15.3 Å². The third-order valence-corrected chi connectivity index (χ3v) is 1.46. The molecule has 1 aliphatic rings. The molecule has 0 bridgehead atoms. The van der Waals surface area contributed by atoms with Crippen molar-refractivity contribution in [2.75, 3.05) is 13.1 Å². The summed E-state index contributed by atoms with van der Waals surface area (Å²) in [4.78, 5) is 15.1. The van der Waals surface area contributed by atoms with E-state index in [9.17, 15) is 4.79 Å². The molecule has 1 amide bonds. The summed E-state index contributed by atoms with van der Waals surface area (Å²) in [6.45, 7) is 5.38. The van der Waals surface area contributed by atoms with Crippen molar-refractivity contribution in [1.82, 2.24) is 5.32 Å². The van der Waals surface area contributed by atoms with Gasteiger partial charge in [-0.05, 0) is 0 Å². The maximum absolute atomic E-state index is 11.0. The summed E-state index contributed by atoms with van der Waals surface area (Å²) in [6, 6.07) is 0. The molecule has 1 N–H and O–H groups in total. The van der Waals surface area contributed by atoms with E-state index in [1.807, 2.05) is 13.8 Å². The Morgan fingerprint density at radius 3 is 2.80 bits per heavy atom. The Morgan fingerprint density at radius 1 is 1.70 bits per heavy atom. The predicted octanol–water partition coefficient (Wildman–Crippen LogP) is 0.459. The average molecular weight is 142 g/mol. The Bertz CT molecular complexity index is 177. The fourth-order valence-electron chi connectivity index (χ4n) is 0.953. The number of nitrogens with zero attached hydrogens (tertiary/aromatic N) is 1. The van der Waals surface area contributed by atoms with Crippen LogP contribution < -0.4 is 5.32 Å². The molecule has 0 aromatic rings. The van der Waals surface area contributed by atoms with Gasteiger partial charge in [0.05, 0.1) is 6.54 Å². The molecule has 10 heavy (non-hydrogen) atoms. The molecule has 0 unspecified atom stereocenters. The second-order valence-electron chi connectivity index (χ2n) is 2.68. The van der Waals surface area contributed by atoms with E-state index in [1.54, 1.807) is 0 Å². The average Bonchev–Trinajstić information content (AvgIpc) is 1.88. The van der Waals surface area contributed by atoms with Crippen molar-refractivity contribution in [3.8, 4) is 0 Å². The number of aliphatic imine (C=N–C) groups is 1. The first kappa shape index (κ1) is 7.25. The molecule has 0 saturated carbocycles. The second-order valence-corrected chi connectivity index (χ2v) is 2.68. The molecule has 0 saturated heterocycles. The Kier molecular flexibility index (Phi) is 2.04. The lowest BCUT2D eigenvalue weighted by molar-refractivity contribution is -0.115. The third kappa shape index (κ3) is 1.35. The van der Waals surface area contributed by atoms with Gasteiger partial charge in [0.25, 0.3) is 5.91 Å². The molecule has 3 heteroatoms. The van der Waals surface area contributed by atoms with E-state index in [1.165, 1.54) is 0 Å². The first-order valence-corrected chi connectivity index (χ1v) is 3.54. The molecular formula is C7H14N2O. The minimum absolute atomic E-state index is 0. The molecule has 3 nitrogen and oxygen atoms in total. The van der Waals surface area contributed by atoms with E-state index in [-0.39, 0.29) is 13.3 Å². The van der Waals surface area contributed by atoms with Crippen molar-refractivity contribution in [2.45, 2.75) is 13.8 Å². The van der Waals surface area contributed by atoms with Crippen LogP contribution >= 0.6 is 0 Å². The number of rotatable bonds is 1. The molecule has 0 atom stereocenters. The van der Waals surface area contributed by atoms with Gasteiger partial charge in [-0.25, -0.2) is 0 Å². The van der Waals surface area contributed by atoms with Crippen LogP contribution in [0.15, 0.2) is 4.99 Å². The minimum atomic E-state index is 0. The summed E-state index contributed by atoms with van der Waals surface area (Å²) in [6.07, 6.45) is 0. The topological polar surface area (TPSA) is 41.5 Å². The summed E-state index contributed by atoms with van der Waals surface area (Å²) in [5.41, 5.74) is 0.686. The van der Waals surface area contributed by atoms with E-state index in [0.29, 0.717) is 12.3 Å². The summed E-state index contributed by atoms with van der Waals surface area (Å²) in [5, 5.41) is 2.74. The van der Waals surface area contributed by atoms with Crippen LogP contribution in [0.3, 0.4) is 0 Å². The van der Waals surface area contributed by atoms with Crippen LogP contribution in [0.2, 0.25) is 0 Å². The van der Waals surface area contributed by atoms with Crippen molar-refractivity contribution in [1.29, 1.82) is 0 Å². The smallest absolute Gasteiger partial charge is 0.265 e. The SMILES string of the molecule is CC(C)C1=NCCNC1=O.[HH]. The first-order valence-electron chi connectivity index (χ1n) is 3.54. The summed E-state index contributed by atoms with van der Waals surface area (Å²) in [5.74, 6) is 0.251. The van der Waals surface area contributed by atoms with Crippen molar-refractivity contribution < 1.29 is 6.22 Å². The highest BCUT2D eigenvalue weighted by atomic mass is 16.2. The van der Waals surface area contributed by atoms with Crippen molar-refractivity contribution >= 4 is 11.6 Å². The van der Waals surface area contributed by atoms with E-state index in [2.05, 4.69) is 10.3 Å². The Balaban J connectivity index is 0.000001000. The van der Waals surface area contributed by atoms with Crippen LogP contribution in [0.5, 0.6) is 0 Å². The quantitative estimate of drug-likeness (QED) is 0.567. The molecule has 0 spiro atoms. The van der Waals surface area contributed by atoms with Gasteiger partial charge in [-0.1, -0.05) is 13.8 Å². The van der Waals surface area contributed by atoms with Crippen LogP contribution in [0.25, 0.3) is 0 Å². The van der Waals surface area contributed by atoms with Crippen LogP contribution in [-0.2, 0) is 4.79 Å². The number of carbonyl (C=O) groups is 1. The summed E-state index contributed by atoms with van der Waals surface area (Å²) < 4.78 is 0. The largest absolute Gasteiger partial charge is 0.349 e. The Morgan fingerprint density at radius 2 is 2.40 bits per heavy atom. The third-order valence-electron chi connectivity index (χ3n) is 1.46. The van der Waals surface area contributed by atoms with E-state index < -0.39 is 0 Å². The normalized spacial score (nSPS) is 18.7. The van der Waals surface area contributed by atoms with Gasteiger partial charge in [0.15, 0.2) is 0 Å². The number of carbonyl (C=O) groups excluding carboxylic acids is 1. The summed E-state index contributed by atoms with van der Waals surface area (Å²) >= 11 is 0. The number of amides is 1. The molecule has 0 aliphatic carbocycles. The van der Waals surface area contributed by atoms with Gasteiger partial charge in [0.1, 0.15) is 5.71 Å². The van der Waals surface area contributed by atoms with Gasteiger partial charge in [-0.3, -0.25) is 9.79 Å². The lowest BCUT2D eigenvalue weighted by Gasteiger charge is -2.14. The maximum atomic E-state index is 11.0. The fraction of sp³-hybridized carbons (Fsp3) is 0.714. The van der Waals surface area contributed by atoms with Gasteiger partial charge in [-0.2, -0.15) is 0 Å². The van der Waals surface area contributed by atoms with Gasteiger partial charge in [-0.15, -0.1) is 0 Å². The molecule has 0 fully saturated rings. The first-order chi connectivity index (χ1) is 4.72. The van der Waals surface area contributed by atoms with E-state index in [0.717, 1.165) is 6.54 Å². The van der Waals surface area contributed by atoms with Gasteiger partial charge >= 0.3 is 0 Å². The highest BCUT2D eigenvalue weighted by Gasteiger charge is 2.16. The second kappa shape index (κ2) is 2.82. The molecule has 1 aliphatic heterocycles. The Hall–Kier alpha value is -0.860. The predicted molar refractivity (Wildman–Crippen MR) is 42.3 cm³/mol. The molecular weight excluding hydrogens is 128 g/mol. The zero-order chi connectivity index (χ0) is 7.56. The number of nitrogens with one attached hydrogen (secondary N) is 1. The highest BCUT2D eigenvalue weighted by Crippen LogP contribution is 1.99. The lowest BCUT2D eigenvalue weighted by atomic mass is 10.1. The molecule has 0 aromatic heterocycles. The van der Waals surface area contributed by atoms with Crippen molar-refractivity contribution in [3.05, 3.63) is 0 Å². The monoisotopic (exact) mass is 142 g/mol. The maximum Gasteiger partial charge on any atom is 0.265 e. The summed E-state index contributed by atoms with van der Waals surface area (Å²) in [7, 11) is 0. The van der Waals surface area contributed by atoms with E-state index in [4.69, 9.17) is 0 Å². The van der Waals surface area contributed by atoms with Crippen LogP contribution in [0.4, 0.5) is 0 Å². The lowest BCUT2D eigenvalue weighted by Crippen LogP contribution is -2.39. The molecule has 1 rings (SSSR count). The Labute approximate surface area is 62.0 Å². The van der Waals surface area contributed by atoms with Crippen LogP contribution in [-0.4, -0.2) is 24.7 Å². The van der Waals surface area contributed by atoms with Crippen molar-refractivity contribution in [2.24, 2.45) is 10.9 Å². The zero-order valence-electron chi connectivity index (χ0n) is 6.35. The molecule has 0 aromatic carbocycles. The van der Waals surface area contributed by atoms with Crippen LogP contribution in [0, 0.1) is 5.92 Å². The van der Waals surface area contributed by atoms with Gasteiger partial charge in [0, 0.05) is 13.9 Å². The van der Waals surface area contributed by atoms with Crippen molar-refractivity contribution in [3.63, 3.8) is 0 Å². The number of hydrogen-bond acceptors (Lipinski definition) is 2. The molecule has 1 heterocycles. The molecule has 0 radical (unpaired) electrons. The standard InChI is InChI=1S/C7H12N2O.H2/c1-5(2)6-7(10)9-4-3-8-6;/h5H,3-4H2,1-2H3,(H,9,10);1H. The van der Waals surface area contributed by atoms with Gasteiger partial charge < -0.3 is 5.32 Å². The number of hydrogen-bond donors (Lipinski definition) is 1. The highest BCUT2D eigenvalue weighted by molar-refractivity contribution is 6.39.